The van der Waals surface area contributed by atoms with Crippen LogP contribution in [-0.4, -0.2) is 44.4 Å². The fourth-order valence-corrected chi connectivity index (χ4v) is 5.08. The average Bonchev–Trinajstić information content (AvgIpc) is 2.74. The van der Waals surface area contributed by atoms with E-state index in [0.29, 0.717) is 25.9 Å². The SMILES string of the molecule is CC(C(=O)Nc1ccc(Cl)c(C(F)(F)F)c1)N1CCC(NS(=O)(=O)c2ccccc2)CC1. The molecule has 1 saturated heterocycles. The van der Waals surface area contributed by atoms with Crippen molar-refractivity contribution in [2.24, 2.45) is 0 Å². The molecular formula is C21H23ClF3N3O3S. The molecule has 0 bridgehead atoms. The second kappa shape index (κ2) is 9.78. The highest BCUT2D eigenvalue weighted by atomic mass is 35.5. The van der Waals surface area contributed by atoms with Crippen LogP contribution in [0.1, 0.15) is 25.3 Å². The molecule has 1 amide bonds. The summed E-state index contributed by atoms with van der Waals surface area (Å²) in [7, 11) is -3.62. The number of nitrogens with one attached hydrogen (secondary N) is 2. The number of likely N-dealkylation sites (tertiary alicyclic amines) is 1. The minimum Gasteiger partial charge on any atom is -0.325 e. The molecule has 0 spiro atoms. The molecule has 174 valence electrons. The van der Waals surface area contributed by atoms with Gasteiger partial charge in [-0.3, -0.25) is 9.69 Å². The van der Waals surface area contributed by atoms with Crippen molar-refractivity contribution in [3.8, 4) is 0 Å². The van der Waals surface area contributed by atoms with Gasteiger partial charge in [-0.25, -0.2) is 13.1 Å². The number of piperidine rings is 1. The van der Waals surface area contributed by atoms with E-state index in [1.807, 2.05) is 4.90 Å². The largest absolute Gasteiger partial charge is 0.417 e. The molecule has 1 aliphatic rings. The zero-order chi connectivity index (χ0) is 23.5. The number of sulfonamides is 1. The summed E-state index contributed by atoms with van der Waals surface area (Å²) in [4.78, 5) is 14.6. The monoisotopic (exact) mass is 489 g/mol. The molecule has 32 heavy (non-hydrogen) atoms. The smallest absolute Gasteiger partial charge is 0.325 e. The third-order valence-corrected chi connectivity index (χ3v) is 7.24. The van der Waals surface area contributed by atoms with Crippen molar-refractivity contribution >= 4 is 33.2 Å². The maximum absolute atomic E-state index is 13.0. The van der Waals surface area contributed by atoms with Crippen LogP contribution in [0.3, 0.4) is 0 Å². The highest BCUT2D eigenvalue weighted by Gasteiger charge is 2.34. The molecule has 2 aromatic rings. The Morgan fingerprint density at radius 1 is 1.12 bits per heavy atom. The van der Waals surface area contributed by atoms with Gasteiger partial charge in [0.1, 0.15) is 0 Å². The van der Waals surface area contributed by atoms with Gasteiger partial charge in [0.25, 0.3) is 0 Å². The van der Waals surface area contributed by atoms with Crippen LogP contribution in [0.15, 0.2) is 53.4 Å². The third-order valence-electron chi connectivity index (χ3n) is 5.37. The van der Waals surface area contributed by atoms with Crippen LogP contribution < -0.4 is 10.0 Å². The van der Waals surface area contributed by atoms with Crippen molar-refractivity contribution in [2.75, 3.05) is 18.4 Å². The second-order valence-corrected chi connectivity index (χ2v) is 9.72. The zero-order valence-corrected chi connectivity index (χ0v) is 18.8. The summed E-state index contributed by atoms with van der Waals surface area (Å²) in [6, 6.07) is 10.4. The molecule has 2 N–H and O–H groups in total. The van der Waals surface area contributed by atoms with Crippen molar-refractivity contribution in [2.45, 2.75) is 42.9 Å². The maximum Gasteiger partial charge on any atom is 0.417 e. The number of halogens is 4. The Kier molecular flexibility index (Phi) is 7.49. The lowest BCUT2D eigenvalue weighted by Crippen LogP contribution is -2.50. The van der Waals surface area contributed by atoms with Gasteiger partial charge in [-0.05, 0) is 50.1 Å². The van der Waals surface area contributed by atoms with E-state index >= 15 is 0 Å². The van der Waals surface area contributed by atoms with Crippen LogP contribution in [0.4, 0.5) is 18.9 Å². The van der Waals surface area contributed by atoms with Gasteiger partial charge in [-0.2, -0.15) is 13.2 Å². The van der Waals surface area contributed by atoms with Crippen LogP contribution in [0.2, 0.25) is 5.02 Å². The molecule has 1 aliphatic heterocycles. The number of carbonyl (C=O) groups excluding carboxylic acids is 1. The standard InChI is InChI=1S/C21H23ClF3N3O3S/c1-14(20(29)26-16-7-8-19(22)18(13-16)21(23,24)25)28-11-9-15(10-12-28)27-32(30,31)17-5-3-2-4-6-17/h2-8,13-15,27H,9-12H2,1H3,(H,26,29). The molecule has 0 radical (unpaired) electrons. The summed E-state index contributed by atoms with van der Waals surface area (Å²) < 4.78 is 66.7. The lowest BCUT2D eigenvalue weighted by Gasteiger charge is -2.35. The van der Waals surface area contributed by atoms with E-state index in [9.17, 15) is 26.4 Å². The first kappa shape index (κ1) is 24.5. The van der Waals surface area contributed by atoms with E-state index in [1.54, 1.807) is 25.1 Å². The first-order valence-corrected chi connectivity index (χ1v) is 11.8. The predicted octanol–water partition coefficient (Wildman–Crippen LogP) is 4.13. The number of benzene rings is 2. The number of nitrogens with zero attached hydrogens (tertiary/aromatic N) is 1. The number of carbonyl (C=O) groups is 1. The number of hydrogen-bond acceptors (Lipinski definition) is 4. The minimum atomic E-state index is -4.63. The topological polar surface area (TPSA) is 78.5 Å². The van der Waals surface area contributed by atoms with Crippen molar-refractivity contribution < 1.29 is 26.4 Å². The fourth-order valence-electron chi connectivity index (χ4n) is 3.52. The first-order valence-electron chi connectivity index (χ1n) is 9.96. The average molecular weight is 490 g/mol. The zero-order valence-electron chi connectivity index (χ0n) is 17.2. The molecule has 0 aromatic heterocycles. The molecule has 11 heteroatoms. The summed E-state index contributed by atoms with van der Waals surface area (Å²) in [6.07, 6.45) is -3.62. The Morgan fingerprint density at radius 3 is 2.34 bits per heavy atom. The number of rotatable bonds is 6. The molecule has 2 aromatic carbocycles. The molecule has 6 nitrogen and oxygen atoms in total. The van der Waals surface area contributed by atoms with E-state index < -0.39 is 38.7 Å². The van der Waals surface area contributed by atoms with Gasteiger partial charge in [0.05, 0.1) is 21.5 Å². The molecule has 0 aliphatic carbocycles. The van der Waals surface area contributed by atoms with E-state index in [2.05, 4.69) is 10.0 Å². The van der Waals surface area contributed by atoms with Gasteiger partial charge in [-0.1, -0.05) is 29.8 Å². The quantitative estimate of drug-likeness (QED) is 0.639. The van der Waals surface area contributed by atoms with E-state index in [1.165, 1.54) is 18.2 Å². The van der Waals surface area contributed by atoms with E-state index in [0.717, 1.165) is 12.1 Å². The van der Waals surface area contributed by atoms with Crippen molar-refractivity contribution in [3.05, 3.63) is 59.1 Å². The Balaban J connectivity index is 1.56. The molecule has 0 saturated carbocycles. The Hall–Kier alpha value is -2.14. The van der Waals surface area contributed by atoms with Gasteiger partial charge in [0.15, 0.2) is 0 Å². The summed E-state index contributed by atoms with van der Waals surface area (Å²) in [5.41, 5.74) is -1.01. The van der Waals surface area contributed by atoms with Gasteiger partial charge in [0, 0.05) is 24.8 Å². The van der Waals surface area contributed by atoms with Crippen LogP contribution in [0.25, 0.3) is 0 Å². The van der Waals surface area contributed by atoms with Gasteiger partial charge in [-0.15, -0.1) is 0 Å². The summed E-state index contributed by atoms with van der Waals surface area (Å²) in [5.74, 6) is -0.455. The molecule has 1 heterocycles. The van der Waals surface area contributed by atoms with Crippen molar-refractivity contribution in [3.63, 3.8) is 0 Å². The predicted molar refractivity (Wildman–Crippen MR) is 116 cm³/mol. The highest BCUT2D eigenvalue weighted by Crippen LogP contribution is 2.36. The fraction of sp³-hybridized carbons (Fsp3) is 0.381. The second-order valence-electron chi connectivity index (χ2n) is 7.60. The Bertz CT molecular complexity index is 1060. The van der Waals surface area contributed by atoms with Gasteiger partial charge in [0.2, 0.25) is 15.9 Å². The normalized spacial score (nSPS) is 17.2. The number of alkyl halides is 3. The van der Waals surface area contributed by atoms with E-state index in [4.69, 9.17) is 11.6 Å². The Labute approximate surface area is 189 Å². The molecular weight excluding hydrogens is 467 g/mol. The van der Waals surface area contributed by atoms with Crippen molar-refractivity contribution in [1.29, 1.82) is 0 Å². The molecule has 3 rings (SSSR count). The maximum atomic E-state index is 13.0. The summed E-state index contributed by atoms with van der Waals surface area (Å²) in [6.45, 7) is 2.58. The minimum absolute atomic E-state index is 0.00378. The highest BCUT2D eigenvalue weighted by molar-refractivity contribution is 7.89. The van der Waals surface area contributed by atoms with Crippen LogP contribution in [-0.2, 0) is 21.0 Å². The van der Waals surface area contributed by atoms with E-state index in [-0.39, 0.29) is 16.6 Å². The van der Waals surface area contributed by atoms with Crippen molar-refractivity contribution in [1.82, 2.24) is 9.62 Å². The lowest BCUT2D eigenvalue weighted by atomic mass is 10.0. The number of hydrogen-bond donors (Lipinski definition) is 2. The Morgan fingerprint density at radius 2 is 1.75 bits per heavy atom. The van der Waals surface area contributed by atoms with Crippen LogP contribution in [0, 0.1) is 0 Å². The molecule has 1 fully saturated rings. The molecule has 1 atom stereocenters. The third kappa shape index (κ3) is 6.00. The molecule has 1 unspecified atom stereocenters. The van der Waals surface area contributed by atoms with Gasteiger partial charge < -0.3 is 5.32 Å². The summed E-state index contributed by atoms with van der Waals surface area (Å²) in [5, 5.41) is 2.06. The lowest BCUT2D eigenvalue weighted by molar-refractivity contribution is -0.137. The summed E-state index contributed by atoms with van der Waals surface area (Å²) >= 11 is 5.61. The van der Waals surface area contributed by atoms with Crippen LogP contribution in [0.5, 0.6) is 0 Å². The number of amides is 1. The first-order chi connectivity index (χ1) is 15.0. The van der Waals surface area contributed by atoms with Crippen LogP contribution >= 0.6 is 11.6 Å². The van der Waals surface area contributed by atoms with Gasteiger partial charge >= 0.3 is 6.18 Å². The number of anilines is 1.